The topological polar surface area (TPSA) is 34.1 Å². The third-order valence-electron chi connectivity index (χ3n) is 3.57. The molecule has 116 valence electrons. The minimum Gasteiger partial charge on any atom is -0.281 e. The van der Waals surface area contributed by atoms with E-state index in [9.17, 15) is 9.59 Å². The maximum Gasteiger partial charge on any atom is 0.225 e. The number of rotatable bonds is 11. The lowest BCUT2D eigenvalue weighted by atomic mass is 9.94. The Kier molecular flexibility index (Phi) is 9.36. The summed E-state index contributed by atoms with van der Waals surface area (Å²) < 4.78 is 0. The van der Waals surface area contributed by atoms with Gasteiger partial charge in [-0.3, -0.25) is 9.59 Å². The molecule has 1 atom stereocenters. The predicted octanol–water partition coefficient (Wildman–Crippen LogP) is 5.11. The molecule has 0 fully saturated rings. The normalized spacial score (nSPS) is 12.1. The third-order valence-corrected chi connectivity index (χ3v) is 4.07. The highest BCUT2D eigenvalue weighted by atomic mass is 35.5. The van der Waals surface area contributed by atoms with Crippen molar-refractivity contribution >= 4 is 33.7 Å². The second-order valence-electron chi connectivity index (χ2n) is 5.35. The van der Waals surface area contributed by atoms with E-state index in [-0.39, 0.29) is 16.4 Å². The molecule has 0 aromatic heterocycles. The Morgan fingerprint density at radius 3 is 2.14 bits per heavy atom. The van der Waals surface area contributed by atoms with E-state index in [0.29, 0.717) is 12.8 Å². The molecule has 0 spiro atoms. The van der Waals surface area contributed by atoms with Crippen molar-refractivity contribution in [1.82, 2.24) is 0 Å². The standard InChI is InChI=1S/C17H22Cl2O2/c18-16(20)12-8-3-1-2-7-11-15(17(19)21)13-14-9-5-4-6-10-14/h4-6,9-10,15H,1-3,7-8,11-13H2. The van der Waals surface area contributed by atoms with Crippen LogP contribution in [-0.4, -0.2) is 10.5 Å². The van der Waals surface area contributed by atoms with Gasteiger partial charge >= 0.3 is 0 Å². The Bertz CT molecular complexity index is 432. The van der Waals surface area contributed by atoms with Crippen molar-refractivity contribution in [3.8, 4) is 0 Å². The molecule has 0 bridgehead atoms. The van der Waals surface area contributed by atoms with Crippen molar-refractivity contribution in [2.24, 2.45) is 5.92 Å². The van der Waals surface area contributed by atoms with Crippen molar-refractivity contribution in [2.45, 2.75) is 51.4 Å². The summed E-state index contributed by atoms with van der Waals surface area (Å²) in [5, 5.41) is -0.503. The summed E-state index contributed by atoms with van der Waals surface area (Å²) in [6.07, 6.45) is 6.98. The van der Waals surface area contributed by atoms with Gasteiger partial charge in [-0.25, -0.2) is 0 Å². The minimum absolute atomic E-state index is 0.0986. The van der Waals surface area contributed by atoms with E-state index in [1.54, 1.807) is 0 Å². The van der Waals surface area contributed by atoms with Gasteiger partial charge < -0.3 is 0 Å². The second kappa shape index (κ2) is 10.8. The first-order valence-electron chi connectivity index (χ1n) is 7.51. The molecule has 0 aliphatic rings. The van der Waals surface area contributed by atoms with Crippen LogP contribution in [0.2, 0.25) is 0 Å². The van der Waals surface area contributed by atoms with Gasteiger partial charge in [0.2, 0.25) is 10.5 Å². The maximum atomic E-state index is 11.5. The van der Waals surface area contributed by atoms with Gasteiger partial charge in [0.1, 0.15) is 0 Å². The zero-order valence-corrected chi connectivity index (χ0v) is 13.7. The van der Waals surface area contributed by atoms with Crippen molar-refractivity contribution in [1.29, 1.82) is 0 Å². The second-order valence-corrected chi connectivity index (χ2v) is 6.15. The fourth-order valence-corrected chi connectivity index (χ4v) is 2.70. The van der Waals surface area contributed by atoms with Gasteiger partial charge in [0.05, 0.1) is 0 Å². The molecule has 4 heteroatoms. The summed E-state index contributed by atoms with van der Waals surface area (Å²) in [7, 11) is 0. The first kappa shape index (κ1) is 18.2. The van der Waals surface area contributed by atoms with Gasteiger partial charge in [0, 0.05) is 12.3 Å². The van der Waals surface area contributed by atoms with Crippen LogP contribution < -0.4 is 0 Å². The minimum atomic E-state index is -0.259. The smallest absolute Gasteiger partial charge is 0.225 e. The molecule has 21 heavy (non-hydrogen) atoms. The number of halogens is 2. The van der Waals surface area contributed by atoms with Crippen LogP contribution in [0, 0.1) is 5.92 Å². The number of carbonyl (C=O) groups is 2. The molecule has 2 nitrogen and oxygen atoms in total. The van der Waals surface area contributed by atoms with E-state index >= 15 is 0 Å². The van der Waals surface area contributed by atoms with Gasteiger partial charge in [-0.1, -0.05) is 56.0 Å². The summed E-state index contributed by atoms with van der Waals surface area (Å²) in [4.78, 5) is 22.1. The van der Waals surface area contributed by atoms with Crippen molar-refractivity contribution < 1.29 is 9.59 Å². The predicted molar refractivity (Wildman–Crippen MR) is 87.7 cm³/mol. The quantitative estimate of drug-likeness (QED) is 0.418. The fraction of sp³-hybridized carbons (Fsp3) is 0.529. The molecule has 1 aromatic rings. The van der Waals surface area contributed by atoms with Gasteiger partial charge in [-0.15, -0.1) is 0 Å². The van der Waals surface area contributed by atoms with Crippen LogP contribution in [0.3, 0.4) is 0 Å². The first-order valence-corrected chi connectivity index (χ1v) is 8.27. The molecule has 0 N–H and O–H groups in total. The summed E-state index contributed by atoms with van der Waals surface area (Å²) in [6, 6.07) is 9.96. The molecule has 0 aliphatic heterocycles. The number of carbonyl (C=O) groups excluding carboxylic acids is 2. The highest BCUT2D eigenvalue weighted by Crippen LogP contribution is 2.19. The van der Waals surface area contributed by atoms with Crippen LogP contribution in [0.4, 0.5) is 0 Å². The molecule has 0 saturated carbocycles. The number of unbranched alkanes of at least 4 members (excludes halogenated alkanes) is 4. The maximum absolute atomic E-state index is 11.5. The molecule has 1 aromatic carbocycles. The van der Waals surface area contributed by atoms with Crippen molar-refractivity contribution in [2.75, 3.05) is 0 Å². The van der Waals surface area contributed by atoms with Crippen molar-refractivity contribution in [3.05, 3.63) is 35.9 Å². The summed E-state index contributed by atoms with van der Waals surface area (Å²) >= 11 is 11.0. The third kappa shape index (κ3) is 8.90. The Morgan fingerprint density at radius 1 is 0.905 bits per heavy atom. The number of hydrogen-bond donors (Lipinski definition) is 0. The van der Waals surface area contributed by atoms with Gasteiger partial charge in [0.15, 0.2) is 0 Å². The fourth-order valence-electron chi connectivity index (χ4n) is 2.38. The van der Waals surface area contributed by atoms with E-state index in [2.05, 4.69) is 0 Å². The lowest BCUT2D eigenvalue weighted by Gasteiger charge is -2.12. The molecule has 0 amide bonds. The average Bonchev–Trinajstić information content (AvgIpc) is 2.45. The zero-order valence-electron chi connectivity index (χ0n) is 12.2. The number of benzene rings is 1. The summed E-state index contributed by atoms with van der Waals surface area (Å²) in [5.74, 6) is -0.0986. The molecule has 0 aliphatic carbocycles. The molecule has 0 radical (unpaired) electrons. The van der Waals surface area contributed by atoms with Crippen LogP contribution in [0.25, 0.3) is 0 Å². The van der Waals surface area contributed by atoms with Gasteiger partial charge in [-0.05, 0) is 48.0 Å². The van der Waals surface area contributed by atoms with E-state index in [4.69, 9.17) is 23.2 Å². The highest BCUT2D eigenvalue weighted by Gasteiger charge is 2.16. The molecular weight excluding hydrogens is 307 g/mol. The van der Waals surface area contributed by atoms with Crippen LogP contribution in [-0.2, 0) is 16.0 Å². The van der Waals surface area contributed by atoms with Crippen molar-refractivity contribution in [3.63, 3.8) is 0 Å². The SMILES string of the molecule is O=C(Cl)CCCCCCCC(Cc1ccccc1)C(=O)Cl. The van der Waals surface area contributed by atoms with Crippen LogP contribution >= 0.6 is 23.2 Å². The summed E-state index contributed by atoms with van der Waals surface area (Å²) in [5.41, 5.74) is 1.15. The molecule has 0 heterocycles. The Hall–Kier alpha value is -0.860. The Balaban J connectivity index is 2.20. The van der Waals surface area contributed by atoms with Crippen LogP contribution in [0.1, 0.15) is 50.5 Å². The Labute approximate surface area is 136 Å². The highest BCUT2D eigenvalue weighted by molar-refractivity contribution is 6.64. The van der Waals surface area contributed by atoms with E-state index in [0.717, 1.165) is 44.1 Å². The van der Waals surface area contributed by atoms with E-state index < -0.39 is 0 Å². The molecular formula is C17H22Cl2O2. The summed E-state index contributed by atoms with van der Waals surface area (Å²) in [6.45, 7) is 0. The van der Waals surface area contributed by atoms with Crippen LogP contribution in [0.5, 0.6) is 0 Å². The van der Waals surface area contributed by atoms with Gasteiger partial charge in [0.25, 0.3) is 0 Å². The number of hydrogen-bond acceptors (Lipinski definition) is 2. The first-order chi connectivity index (χ1) is 10.1. The largest absolute Gasteiger partial charge is 0.281 e. The lowest BCUT2D eigenvalue weighted by Crippen LogP contribution is -2.12. The van der Waals surface area contributed by atoms with Gasteiger partial charge in [-0.2, -0.15) is 0 Å². The van der Waals surface area contributed by atoms with E-state index in [1.807, 2.05) is 30.3 Å². The van der Waals surface area contributed by atoms with E-state index in [1.165, 1.54) is 0 Å². The molecule has 1 rings (SSSR count). The Morgan fingerprint density at radius 2 is 1.52 bits per heavy atom. The lowest BCUT2D eigenvalue weighted by molar-refractivity contribution is -0.115. The average molecular weight is 329 g/mol. The zero-order chi connectivity index (χ0) is 15.5. The monoisotopic (exact) mass is 328 g/mol. The van der Waals surface area contributed by atoms with Crippen LogP contribution in [0.15, 0.2) is 30.3 Å². The molecule has 0 saturated heterocycles. The molecule has 1 unspecified atom stereocenters.